The maximum absolute atomic E-state index is 11.1. The lowest BCUT2D eigenvalue weighted by Crippen LogP contribution is -2.11. The van der Waals surface area contributed by atoms with Crippen LogP contribution in [-0.2, 0) is 4.79 Å². The van der Waals surface area contributed by atoms with Gasteiger partial charge in [-0.05, 0) is 24.1 Å². The van der Waals surface area contributed by atoms with Crippen molar-refractivity contribution in [2.45, 2.75) is 32.1 Å². The van der Waals surface area contributed by atoms with Gasteiger partial charge in [0.25, 0.3) is 0 Å². The van der Waals surface area contributed by atoms with Crippen LogP contribution in [0.5, 0.6) is 0 Å². The summed E-state index contributed by atoms with van der Waals surface area (Å²) in [4.78, 5) is 11.1. The van der Waals surface area contributed by atoms with Crippen molar-refractivity contribution < 1.29 is 9.90 Å². The summed E-state index contributed by atoms with van der Waals surface area (Å²) in [6.45, 7) is 2.05. The molecule has 0 bridgehead atoms. The number of benzene rings is 1. The molecule has 0 aliphatic carbocycles. The van der Waals surface area contributed by atoms with Gasteiger partial charge in [-0.25, -0.2) is 0 Å². The zero-order chi connectivity index (χ0) is 11.3. The molecule has 0 aromatic heterocycles. The van der Waals surface area contributed by atoms with E-state index in [1.165, 1.54) is 0 Å². The largest absolute Gasteiger partial charge is 0.481 e. The second kappa shape index (κ2) is 5.76. The smallest absolute Gasteiger partial charge is 0.310 e. The molecule has 3 heteroatoms. The highest BCUT2D eigenvalue weighted by Crippen LogP contribution is 2.24. The molecule has 1 aromatic carbocycles. The zero-order valence-corrected chi connectivity index (χ0v) is 9.50. The number of carbonyl (C=O) groups is 1. The summed E-state index contributed by atoms with van der Waals surface area (Å²) in [5, 5.41) is 9.69. The molecular formula is C12H15ClO2. The van der Waals surface area contributed by atoms with Crippen molar-refractivity contribution in [3.8, 4) is 0 Å². The Morgan fingerprint density at radius 2 is 2.27 bits per heavy atom. The Labute approximate surface area is 94.9 Å². The van der Waals surface area contributed by atoms with Crippen LogP contribution in [0.1, 0.15) is 37.7 Å². The fourth-order valence-electron chi connectivity index (χ4n) is 1.56. The predicted molar refractivity (Wildman–Crippen MR) is 61.4 cm³/mol. The van der Waals surface area contributed by atoms with Crippen LogP contribution in [0.4, 0.5) is 0 Å². The van der Waals surface area contributed by atoms with E-state index >= 15 is 0 Å². The standard InChI is InChI=1S/C12H15ClO2/c1-2-3-7-11(12(14)15)9-5-4-6-10(13)8-9/h4-6,8,11H,2-3,7H2,1H3,(H,14,15). The van der Waals surface area contributed by atoms with Gasteiger partial charge in [0.1, 0.15) is 0 Å². The maximum atomic E-state index is 11.1. The van der Waals surface area contributed by atoms with Crippen molar-refractivity contribution in [3.05, 3.63) is 34.9 Å². The van der Waals surface area contributed by atoms with Gasteiger partial charge < -0.3 is 5.11 Å². The Balaban J connectivity index is 2.84. The minimum atomic E-state index is -0.772. The third-order valence-electron chi connectivity index (χ3n) is 2.40. The van der Waals surface area contributed by atoms with E-state index in [0.717, 1.165) is 18.4 Å². The van der Waals surface area contributed by atoms with Crippen molar-refractivity contribution in [2.24, 2.45) is 0 Å². The third kappa shape index (κ3) is 3.56. The first-order chi connectivity index (χ1) is 7.15. The minimum Gasteiger partial charge on any atom is -0.481 e. The Morgan fingerprint density at radius 1 is 1.53 bits per heavy atom. The molecule has 0 aliphatic heterocycles. The summed E-state index contributed by atoms with van der Waals surface area (Å²) in [6, 6.07) is 7.10. The summed E-state index contributed by atoms with van der Waals surface area (Å²) >= 11 is 5.83. The van der Waals surface area contributed by atoms with Gasteiger partial charge in [-0.2, -0.15) is 0 Å². The minimum absolute atomic E-state index is 0.427. The monoisotopic (exact) mass is 226 g/mol. The van der Waals surface area contributed by atoms with E-state index < -0.39 is 11.9 Å². The van der Waals surface area contributed by atoms with E-state index in [9.17, 15) is 4.79 Å². The normalized spacial score (nSPS) is 12.4. The first kappa shape index (κ1) is 12.1. The van der Waals surface area contributed by atoms with E-state index in [-0.39, 0.29) is 0 Å². The van der Waals surface area contributed by atoms with Gasteiger partial charge in [-0.15, -0.1) is 0 Å². The van der Waals surface area contributed by atoms with Gasteiger partial charge >= 0.3 is 5.97 Å². The molecule has 2 nitrogen and oxygen atoms in total. The van der Waals surface area contributed by atoms with Gasteiger partial charge in [0.15, 0.2) is 0 Å². The highest BCUT2D eigenvalue weighted by atomic mass is 35.5. The fourth-order valence-corrected chi connectivity index (χ4v) is 1.76. The Morgan fingerprint density at radius 3 is 2.80 bits per heavy atom. The lowest BCUT2D eigenvalue weighted by Gasteiger charge is -2.12. The molecule has 15 heavy (non-hydrogen) atoms. The number of hydrogen-bond acceptors (Lipinski definition) is 1. The second-order valence-electron chi connectivity index (χ2n) is 3.59. The van der Waals surface area contributed by atoms with E-state index in [1.807, 2.05) is 6.07 Å². The van der Waals surface area contributed by atoms with E-state index in [0.29, 0.717) is 11.4 Å². The quantitative estimate of drug-likeness (QED) is 0.831. The van der Waals surface area contributed by atoms with E-state index in [2.05, 4.69) is 6.92 Å². The van der Waals surface area contributed by atoms with Crippen LogP contribution in [0.25, 0.3) is 0 Å². The summed E-state index contributed by atoms with van der Waals surface area (Å²) in [5.41, 5.74) is 0.795. The van der Waals surface area contributed by atoms with Gasteiger partial charge in [-0.1, -0.05) is 43.5 Å². The summed E-state index contributed by atoms with van der Waals surface area (Å²) in [7, 11) is 0. The van der Waals surface area contributed by atoms with Crippen LogP contribution >= 0.6 is 11.6 Å². The van der Waals surface area contributed by atoms with Crippen molar-refractivity contribution in [3.63, 3.8) is 0 Å². The molecule has 0 spiro atoms. The van der Waals surface area contributed by atoms with E-state index in [4.69, 9.17) is 16.7 Å². The van der Waals surface area contributed by atoms with Gasteiger partial charge in [0.05, 0.1) is 5.92 Å². The molecule has 1 N–H and O–H groups in total. The summed E-state index contributed by atoms with van der Waals surface area (Å²) < 4.78 is 0. The van der Waals surface area contributed by atoms with Crippen LogP contribution in [0, 0.1) is 0 Å². The number of carboxylic acids is 1. The third-order valence-corrected chi connectivity index (χ3v) is 2.63. The molecule has 1 aromatic rings. The number of aliphatic carboxylic acids is 1. The SMILES string of the molecule is CCCCC(C(=O)O)c1cccc(Cl)c1. The van der Waals surface area contributed by atoms with Crippen molar-refractivity contribution in [2.75, 3.05) is 0 Å². The molecule has 0 heterocycles. The van der Waals surface area contributed by atoms with Crippen LogP contribution in [0.15, 0.2) is 24.3 Å². The van der Waals surface area contributed by atoms with Crippen molar-refractivity contribution in [1.29, 1.82) is 0 Å². The molecule has 82 valence electrons. The van der Waals surface area contributed by atoms with Crippen molar-refractivity contribution in [1.82, 2.24) is 0 Å². The van der Waals surface area contributed by atoms with Crippen LogP contribution < -0.4 is 0 Å². The zero-order valence-electron chi connectivity index (χ0n) is 8.74. The fraction of sp³-hybridized carbons (Fsp3) is 0.417. The Kier molecular flexibility index (Phi) is 4.63. The average molecular weight is 227 g/mol. The Bertz CT molecular complexity index is 336. The molecular weight excluding hydrogens is 212 g/mol. The Hall–Kier alpha value is -1.02. The second-order valence-corrected chi connectivity index (χ2v) is 4.02. The van der Waals surface area contributed by atoms with Gasteiger partial charge in [0.2, 0.25) is 0 Å². The molecule has 0 radical (unpaired) electrons. The number of carboxylic acid groups (broad SMARTS) is 1. The lowest BCUT2D eigenvalue weighted by molar-refractivity contribution is -0.139. The van der Waals surface area contributed by atoms with Gasteiger partial charge in [-0.3, -0.25) is 4.79 Å². The predicted octanol–water partition coefficient (Wildman–Crippen LogP) is 3.70. The number of rotatable bonds is 5. The molecule has 1 unspecified atom stereocenters. The highest BCUT2D eigenvalue weighted by Gasteiger charge is 2.18. The van der Waals surface area contributed by atoms with E-state index in [1.54, 1.807) is 18.2 Å². The average Bonchev–Trinajstić information content (AvgIpc) is 2.18. The highest BCUT2D eigenvalue weighted by molar-refractivity contribution is 6.30. The summed E-state index contributed by atoms with van der Waals surface area (Å²) in [6.07, 6.45) is 2.60. The molecule has 0 amide bonds. The first-order valence-corrected chi connectivity index (χ1v) is 5.51. The maximum Gasteiger partial charge on any atom is 0.310 e. The molecule has 0 fully saturated rings. The molecule has 0 saturated carbocycles. The van der Waals surface area contributed by atoms with Crippen molar-refractivity contribution >= 4 is 17.6 Å². The molecule has 1 atom stereocenters. The van der Waals surface area contributed by atoms with Crippen LogP contribution in [0.2, 0.25) is 5.02 Å². The van der Waals surface area contributed by atoms with Crippen LogP contribution in [-0.4, -0.2) is 11.1 Å². The molecule has 1 rings (SSSR count). The number of hydrogen-bond donors (Lipinski definition) is 1. The molecule has 0 saturated heterocycles. The summed E-state index contributed by atoms with van der Waals surface area (Å²) in [5.74, 6) is -1.20. The number of unbranched alkanes of at least 4 members (excludes halogenated alkanes) is 1. The first-order valence-electron chi connectivity index (χ1n) is 5.13. The molecule has 0 aliphatic rings. The topological polar surface area (TPSA) is 37.3 Å². The number of halogens is 1. The van der Waals surface area contributed by atoms with Crippen LogP contribution in [0.3, 0.4) is 0 Å². The lowest BCUT2D eigenvalue weighted by atomic mass is 9.94. The van der Waals surface area contributed by atoms with Gasteiger partial charge in [0, 0.05) is 5.02 Å².